The summed E-state index contributed by atoms with van der Waals surface area (Å²) in [5, 5.41) is 3.25. The second-order valence-electron chi connectivity index (χ2n) is 5.09. The fourth-order valence-electron chi connectivity index (χ4n) is 2.39. The predicted molar refractivity (Wildman–Crippen MR) is 80.0 cm³/mol. The first-order valence-corrected chi connectivity index (χ1v) is 7.27. The summed E-state index contributed by atoms with van der Waals surface area (Å²) in [6.45, 7) is 0.953. The van der Waals surface area contributed by atoms with Gasteiger partial charge in [-0.2, -0.15) is 0 Å². The van der Waals surface area contributed by atoms with Crippen molar-refractivity contribution in [3.05, 3.63) is 46.8 Å². The number of likely N-dealkylation sites (N-methyl/N-ethyl adjacent to an activating group) is 1. The van der Waals surface area contributed by atoms with Gasteiger partial charge in [0.25, 0.3) is 0 Å². The molecular formula is C15H16BrN3. The molecule has 1 aromatic carbocycles. The van der Waals surface area contributed by atoms with Crippen LogP contribution in [0.5, 0.6) is 0 Å². The van der Waals surface area contributed by atoms with E-state index < -0.39 is 0 Å². The van der Waals surface area contributed by atoms with E-state index in [1.54, 1.807) is 0 Å². The van der Waals surface area contributed by atoms with E-state index >= 15 is 0 Å². The Morgan fingerprint density at radius 1 is 1.32 bits per heavy atom. The third kappa shape index (κ3) is 2.55. The molecule has 98 valence electrons. The highest BCUT2D eigenvalue weighted by molar-refractivity contribution is 9.10. The molecule has 1 aromatic heterocycles. The van der Waals surface area contributed by atoms with Crippen molar-refractivity contribution >= 4 is 15.9 Å². The molecule has 4 heteroatoms. The van der Waals surface area contributed by atoms with Crippen molar-refractivity contribution in [2.24, 2.45) is 0 Å². The van der Waals surface area contributed by atoms with Gasteiger partial charge in [-0.3, -0.25) is 0 Å². The minimum Gasteiger partial charge on any atom is -0.319 e. The Labute approximate surface area is 121 Å². The molecule has 1 fully saturated rings. The first kappa shape index (κ1) is 12.8. The molecule has 3 nitrogen and oxygen atoms in total. The van der Waals surface area contributed by atoms with Crippen molar-refractivity contribution < 1.29 is 0 Å². The monoisotopic (exact) mass is 317 g/mol. The average molecular weight is 318 g/mol. The fraction of sp³-hybridized carbons (Fsp3) is 0.333. The van der Waals surface area contributed by atoms with Gasteiger partial charge in [0.05, 0.1) is 5.69 Å². The Morgan fingerprint density at radius 3 is 2.84 bits per heavy atom. The second-order valence-corrected chi connectivity index (χ2v) is 6.00. The molecule has 1 aliphatic carbocycles. The normalized spacial score (nSPS) is 16.3. The zero-order valence-electron chi connectivity index (χ0n) is 10.9. The summed E-state index contributed by atoms with van der Waals surface area (Å²) >= 11 is 3.50. The zero-order valence-corrected chi connectivity index (χ0v) is 12.4. The van der Waals surface area contributed by atoms with Gasteiger partial charge in [-0.15, -0.1) is 0 Å². The molecule has 0 bridgehead atoms. The van der Waals surface area contributed by atoms with Crippen LogP contribution in [-0.4, -0.2) is 23.6 Å². The summed E-state index contributed by atoms with van der Waals surface area (Å²) in [6, 6.07) is 10.2. The van der Waals surface area contributed by atoms with Crippen LogP contribution in [0.3, 0.4) is 0 Å². The van der Waals surface area contributed by atoms with E-state index in [0.717, 1.165) is 28.1 Å². The molecule has 1 heterocycles. The zero-order chi connectivity index (χ0) is 13.3. The lowest BCUT2D eigenvalue weighted by atomic mass is 10.1. The van der Waals surface area contributed by atoms with Gasteiger partial charge in [0.1, 0.15) is 5.82 Å². The fourth-order valence-corrected chi connectivity index (χ4v) is 2.79. The van der Waals surface area contributed by atoms with E-state index in [2.05, 4.69) is 38.4 Å². The number of halogens is 1. The highest BCUT2D eigenvalue weighted by atomic mass is 79.9. The standard InChI is InChI=1S/C15H16BrN3/c1-17-10-15(6-7-15)14-18-8-5-13(19-14)11-3-2-4-12(16)9-11/h2-5,8-9,17H,6-7,10H2,1H3. The Morgan fingerprint density at radius 2 is 2.16 bits per heavy atom. The summed E-state index contributed by atoms with van der Waals surface area (Å²) in [7, 11) is 1.98. The largest absolute Gasteiger partial charge is 0.319 e. The maximum absolute atomic E-state index is 4.76. The number of nitrogens with one attached hydrogen (secondary N) is 1. The summed E-state index contributed by atoms with van der Waals surface area (Å²) < 4.78 is 1.07. The summed E-state index contributed by atoms with van der Waals surface area (Å²) in [4.78, 5) is 9.24. The van der Waals surface area contributed by atoms with Gasteiger partial charge in [0.15, 0.2) is 0 Å². The Bertz CT molecular complexity index is 593. The van der Waals surface area contributed by atoms with Crippen LogP contribution in [0.4, 0.5) is 0 Å². The SMILES string of the molecule is CNCC1(c2nccc(-c3cccc(Br)c3)n2)CC1. The topological polar surface area (TPSA) is 37.8 Å². The molecule has 0 unspecified atom stereocenters. The van der Waals surface area contributed by atoms with Crippen LogP contribution in [0, 0.1) is 0 Å². The van der Waals surface area contributed by atoms with Crippen molar-refractivity contribution in [3.63, 3.8) is 0 Å². The van der Waals surface area contributed by atoms with Crippen molar-refractivity contribution in [2.75, 3.05) is 13.6 Å². The van der Waals surface area contributed by atoms with Gasteiger partial charge >= 0.3 is 0 Å². The number of rotatable bonds is 4. The average Bonchev–Trinajstić information content (AvgIpc) is 3.20. The summed E-state index contributed by atoms with van der Waals surface area (Å²) in [5.74, 6) is 0.972. The Balaban J connectivity index is 1.97. The molecule has 0 amide bonds. The minimum absolute atomic E-state index is 0.163. The quantitative estimate of drug-likeness (QED) is 0.941. The van der Waals surface area contributed by atoms with E-state index in [0.29, 0.717) is 0 Å². The molecule has 1 aliphatic rings. The number of aromatic nitrogens is 2. The van der Waals surface area contributed by atoms with Crippen LogP contribution in [0.2, 0.25) is 0 Å². The predicted octanol–water partition coefficient (Wildman–Crippen LogP) is 3.16. The number of nitrogens with zero attached hydrogens (tertiary/aromatic N) is 2. The van der Waals surface area contributed by atoms with Crippen LogP contribution >= 0.6 is 15.9 Å². The highest BCUT2D eigenvalue weighted by Gasteiger charge is 2.46. The third-order valence-corrected chi connectivity index (χ3v) is 4.11. The van der Waals surface area contributed by atoms with E-state index in [1.165, 1.54) is 12.8 Å². The molecule has 3 rings (SSSR count). The number of benzene rings is 1. The maximum Gasteiger partial charge on any atom is 0.136 e. The molecule has 1 N–H and O–H groups in total. The summed E-state index contributed by atoms with van der Waals surface area (Å²) in [6.07, 6.45) is 4.22. The van der Waals surface area contributed by atoms with Crippen LogP contribution in [-0.2, 0) is 5.41 Å². The van der Waals surface area contributed by atoms with Gasteiger partial charge in [0.2, 0.25) is 0 Å². The smallest absolute Gasteiger partial charge is 0.136 e. The third-order valence-electron chi connectivity index (χ3n) is 3.62. The highest BCUT2D eigenvalue weighted by Crippen LogP contribution is 2.46. The lowest BCUT2D eigenvalue weighted by Gasteiger charge is -2.13. The van der Waals surface area contributed by atoms with Gasteiger partial charge < -0.3 is 5.32 Å². The van der Waals surface area contributed by atoms with Crippen LogP contribution < -0.4 is 5.32 Å². The molecule has 1 saturated carbocycles. The van der Waals surface area contributed by atoms with Crippen LogP contribution in [0.25, 0.3) is 11.3 Å². The van der Waals surface area contributed by atoms with Crippen molar-refractivity contribution in [3.8, 4) is 11.3 Å². The second kappa shape index (κ2) is 5.02. The van der Waals surface area contributed by atoms with Gasteiger partial charge in [-0.1, -0.05) is 28.1 Å². The maximum atomic E-state index is 4.76. The summed E-state index contributed by atoms with van der Waals surface area (Å²) in [5.41, 5.74) is 2.28. The van der Waals surface area contributed by atoms with Crippen LogP contribution in [0.15, 0.2) is 41.0 Å². The van der Waals surface area contributed by atoms with Gasteiger partial charge in [-0.05, 0) is 38.1 Å². The molecular weight excluding hydrogens is 302 g/mol. The molecule has 19 heavy (non-hydrogen) atoms. The van der Waals surface area contributed by atoms with Crippen molar-refractivity contribution in [2.45, 2.75) is 18.3 Å². The van der Waals surface area contributed by atoms with E-state index in [1.807, 2.05) is 31.4 Å². The molecule has 0 radical (unpaired) electrons. The number of hydrogen-bond donors (Lipinski definition) is 1. The van der Waals surface area contributed by atoms with Gasteiger partial charge in [0, 0.05) is 28.2 Å². The minimum atomic E-state index is 0.163. The van der Waals surface area contributed by atoms with Crippen molar-refractivity contribution in [1.82, 2.24) is 15.3 Å². The Kier molecular flexibility index (Phi) is 3.37. The molecule has 0 atom stereocenters. The van der Waals surface area contributed by atoms with E-state index in [4.69, 9.17) is 4.98 Å². The first-order chi connectivity index (χ1) is 9.23. The van der Waals surface area contributed by atoms with Crippen LogP contribution in [0.1, 0.15) is 18.7 Å². The van der Waals surface area contributed by atoms with E-state index in [9.17, 15) is 0 Å². The lowest BCUT2D eigenvalue weighted by molar-refractivity contribution is 0.588. The lowest BCUT2D eigenvalue weighted by Crippen LogP contribution is -2.25. The number of hydrogen-bond acceptors (Lipinski definition) is 3. The van der Waals surface area contributed by atoms with Gasteiger partial charge in [-0.25, -0.2) is 9.97 Å². The van der Waals surface area contributed by atoms with E-state index in [-0.39, 0.29) is 5.41 Å². The molecule has 2 aromatic rings. The Hall–Kier alpha value is -1.26. The molecule has 0 saturated heterocycles. The molecule has 0 aliphatic heterocycles. The first-order valence-electron chi connectivity index (χ1n) is 6.48. The molecule has 0 spiro atoms. The van der Waals surface area contributed by atoms with Crippen molar-refractivity contribution in [1.29, 1.82) is 0 Å².